The minimum absolute atomic E-state index is 0.227. The summed E-state index contributed by atoms with van der Waals surface area (Å²) in [6, 6.07) is 6.92. The minimum Gasteiger partial charge on any atom is -0.478 e. The fourth-order valence-electron chi connectivity index (χ4n) is 2.81. The monoisotopic (exact) mass is 304 g/mol. The molecule has 1 atom stereocenters. The predicted molar refractivity (Wildman–Crippen MR) is 86.1 cm³/mol. The van der Waals surface area contributed by atoms with Gasteiger partial charge in [0.1, 0.15) is 0 Å². The van der Waals surface area contributed by atoms with Crippen molar-refractivity contribution in [2.24, 2.45) is 5.92 Å². The molecule has 2 rings (SSSR count). The Morgan fingerprint density at radius 3 is 2.59 bits per heavy atom. The van der Waals surface area contributed by atoms with E-state index < -0.39 is 5.97 Å². The van der Waals surface area contributed by atoms with Gasteiger partial charge in [0, 0.05) is 31.2 Å². The molecule has 2 N–H and O–H groups in total. The molecule has 0 bridgehead atoms. The van der Waals surface area contributed by atoms with Crippen molar-refractivity contribution in [1.29, 1.82) is 0 Å². The summed E-state index contributed by atoms with van der Waals surface area (Å²) in [7, 11) is 0. The molecule has 5 nitrogen and oxygen atoms in total. The van der Waals surface area contributed by atoms with Crippen molar-refractivity contribution >= 4 is 17.6 Å². The van der Waals surface area contributed by atoms with Crippen LogP contribution in [0.1, 0.15) is 43.5 Å². The summed E-state index contributed by atoms with van der Waals surface area (Å²) in [6.45, 7) is 5.67. The van der Waals surface area contributed by atoms with Gasteiger partial charge in [-0.05, 0) is 43.0 Å². The van der Waals surface area contributed by atoms with Crippen LogP contribution in [-0.4, -0.2) is 41.0 Å². The van der Waals surface area contributed by atoms with Gasteiger partial charge in [-0.3, -0.25) is 4.79 Å². The van der Waals surface area contributed by atoms with Crippen molar-refractivity contribution in [2.75, 3.05) is 18.4 Å². The van der Waals surface area contributed by atoms with Gasteiger partial charge in [0.05, 0.1) is 5.56 Å². The fraction of sp³-hybridized carbons (Fsp3) is 0.529. The van der Waals surface area contributed by atoms with Crippen LogP contribution in [0.5, 0.6) is 0 Å². The lowest BCUT2D eigenvalue weighted by molar-refractivity contribution is -0.132. The Morgan fingerprint density at radius 2 is 2.00 bits per heavy atom. The Kier molecular flexibility index (Phi) is 5.41. The zero-order chi connectivity index (χ0) is 16.1. The number of carboxylic acids is 1. The SMILES string of the molecule is CC(C)CC(=O)N1CCC[C@H]1CNc1ccc(C(=O)O)cc1. The Morgan fingerprint density at radius 1 is 1.32 bits per heavy atom. The smallest absolute Gasteiger partial charge is 0.335 e. The lowest BCUT2D eigenvalue weighted by Crippen LogP contribution is -2.39. The topological polar surface area (TPSA) is 69.6 Å². The van der Waals surface area contributed by atoms with Gasteiger partial charge in [0.25, 0.3) is 0 Å². The van der Waals surface area contributed by atoms with Crippen molar-refractivity contribution < 1.29 is 14.7 Å². The first-order chi connectivity index (χ1) is 10.5. The zero-order valence-corrected chi connectivity index (χ0v) is 13.2. The van der Waals surface area contributed by atoms with Gasteiger partial charge in [-0.1, -0.05) is 13.8 Å². The van der Waals surface area contributed by atoms with Gasteiger partial charge in [-0.25, -0.2) is 4.79 Å². The number of anilines is 1. The number of carboxylic acid groups (broad SMARTS) is 1. The second-order valence-electron chi connectivity index (χ2n) is 6.24. The fourth-order valence-corrected chi connectivity index (χ4v) is 2.81. The largest absolute Gasteiger partial charge is 0.478 e. The van der Waals surface area contributed by atoms with Crippen LogP contribution < -0.4 is 5.32 Å². The van der Waals surface area contributed by atoms with Crippen LogP contribution in [0, 0.1) is 5.92 Å². The second-order valence-corrected chi connectivity index (χ2v) is 6.24. The second kappa shape index (κ2) is 7.29. The highest BCUT2D eigenvalue weighted by Crippen LogP contribution is 2.20. The molecule has 0 spiro atoms. The van der Waals surface area contributed by atoms with Gasteiger partial charge in [-0.2, -0.15) is 0 Å². The molecule has 1 aromatic rings. The predicted octanol–water partition coefficient (Wildman–Crippen LogP) is 2.83. The molecule has 0 aliphatic carbocycles. The third-order valence-electron chi connectivity index (χ3n) is 3.95. The summed E-state index contributed by atoms with van der Waals surface area (Å²) in [4.78, 5) is 25.0. The Bertz CT molecular complexity index is 525. The summed E-state index contributed by atoms with van der Waals surface area (Å²) in [5, 5.41) is 12.2. The van der Waals surface area contributed by atoms with E-state index in [-0.39, 0.29) is 17.5 Å². The quantitative estimate of drug-likeness (QED) is 0.848. The number of nitrogens with one attached hydrogen (secondary N) is 1. The van der Waals surface area contributed by atoms with E-state index in [1.807, 2.05) is 4.90 Å². The summed E-state index contributed by atoms with van der Waals surface area (Å²) >= 11 is 0. The Hall–Kier alpha value is -2.04. The molecule has 1 saturated heterocycles. The number of likely N-dealkylation sites (tertiary alicyclic amines) is 1. The van der Waals surface area contributed by atoms with Crippen LogP contribution in [0.15, 0.2) is 24.3 Å². The number of hydrogen-bond donors (Lipinski definition) is 2. The highest BCUT2D eigenvalue weighted by atomic mass is 16.4. The standard InChI is InChI=1S/C17H24N2O3/c1-12(2)10-16(20)19-9-3-4-15(19)11-18-14-7-5-13(6-8-14)17(21)22/h5-8,12,15,18H,3-4,9-11H2,1-2H3,(H,21,22)/t15-/m0/s1. The summed E-state index contributed by atoms with van der Waals surface area (Å²) in [5.74, 6) is -0.307. The lowest BCUT2D eigenvalue weighted by atomic mass is 10.1. The number of benzene rings is 1. The van der Waals surface area contributed by atoms with E-state index in [1.165, 1.54) is 0 Å². The van der Waals surface area contributed by atoms with Gasteiger partial charge in [0.15, 0.2) is 0 Å². The van der Waals surface area contributed by atoms with Gasteiger partial charge in [-0.15, -0.1) is 0 Å². The number of amides is 1. The molecule has 22 heavy (non-hydrogen) atoms. The number of carbonyl (C=O) groups is 2. The maximum absolute atomic E-state index is 12.2. The number of aromatic carboxylic acids is 1. The van der Waals surface area contributed by atoms with Crippen LogP contribution in [0.4, 0.5) is 5.69 Å². The molecule has 1 aromatic carbocycles. The maximum Gasteiger partial charge on any atom is 0.335 e. The summed E-state index contributed by atoms with van der Waals surface area (Å²) < 4.78 is 0. The number of rotatable bonds is 6. The summed E-state index contributed by atoms with van der Waals surface area (Å²) in [5.41, 5.74) is 1.16. The molecular weight excluding hydrogens is 280 g/mol. The van der Waals surface area contributed by atoms with E-state index >= 15 is 0 Å². The average Bonchev–Trinajstić information content (AvgIpc) is 2.93. The molecule has 5 heteroatoms. The average molecular weight is 304 g/mol. The van der Waals surface area contributed by atoms with E-state index in [4.69, 9.17) is 5.11 Å². The first-order valence-electron chi connectivity index (χ1n) is 7.84. The molecule has 1 fully saturated rings. The third kappa shape index (κ3) is 4.23. The Balaban J connectivity index is 1.89. The van der Waals surface area contributed by atoms with Gasteiger partial charge in [0.2, 0.25) is 5.91 Å². The van der Waals surface area contributed by atoms with E-state index in [2.05, 4.69) is 19.2 Å². The number of hydrogen-bond acceptors (Lipinski definition) is 3. The highest BCUT2D eigenvalue weighted by molar-refractivity contribution is 5.88. The molecule has 1 aliphatic rings. The molecular formula is C17H24N2O3. The highest BCUT2D eigenvalue weighted by Gasteiger charge is 2.28. The zero-order valence-electron chi connectivity index (χ0n) is 13.2. The molecule has 0 aromatic heterocycles. The van der Waals surface area contributed by atoms with E-state index in [1.54, 1.807) is 24.3 Å². The van der Waals surface area contributed by atoms with Gasteiger partial charge < -0.3 is 15.3 Å². The van der Waals surface area contributed by atoms with Crippen molar-refractivity contribution in [1.82, 2.24) is 4.90 Å². The molecule has 1 aliphatic heterocycles. The lowest BCUT2D eigenvalue weighted by Gasteiger charge is -2.26. The van der Waals surface area contributed by atoms with Crippen molar-refractivity contribution in [3.05, 3.63) is 29.8 Å². The van der Waals surface area contributed by atoms with E-state index in [0.29, 0.717) is 18.9 Å². The molecule has 1 amide bonds. The van der Waals surface area contributed by atoms with Crippen LogP contribution in [0.2, 0.25) is 0 Å². The van der Waals surface area contributed by atoms with E-state index in [9.17, 15) is 9.59 Å². The first kappa shape index (κ1) is 16.3. The molecule has 120 valence electrons. The van der Waals surface area contributed by atoms with Gasteiger partial charge >= 0.3 is 5.97 Å². The van der Waals surface area contributed by atoms with Crippen LogP contribution in [0.25, 0.3) is 0 Å². The molecule has 0 radical (unpaired) electrons. The number of carbonyl (C=O) groups excluding carboxylic acids is 1. The van der Waals surface area contributed by atoms with Crippen molar-refractivity contribution in [3.8, 4) is 0 Å². The van der Waals surface area contributed by atoms with Crippen LogP contribution in [0.3, 0.4) is 0 Å². The normalized spacial score (nSPS) is 17.8. The van der Waals surface area contributed by atoms with Crippen LogP contribution in [-0.2, 0) is 4.79 Å². The first-order valence-corrected chi connectivity index (χ1v) is 7.84. The molecule has 0 saturated carbocycles. The molecule has 1 heterocycles. The van der Waals surface area contributed by atoms with Crippen molar-refractivity contribution in [3.63, 3.8) is 0 Å². The van der Waals surface area contributed by atoms with Crippen molar-refractivity contribution in [2.45, 2.75) is 39.2 Å². The Labute approximate surface area is 131 Å². The summed E-state index contributed by atoms with van der Waals surface area (Å²) in [6.07, 6.45) is 2.67. The minimum atomic E-state index is -0.923. The maximum atomic E-state index is 12.2. The number of nitrogens with zero attached hydrogens (tertiary/aromatic N) is 1. The third-order valence-corrected chi connectivity index (χ3v) is 3.95. The molecule has 0 unspecified atom stereocenters. The van der Waals surface area contributed by atoms with E-state index in [0.717, 1.165) is 25.1 Å². The van der Waals surface area contributed by atoms with Crippen LogP contribution >= 0.6 is 0 Å².